The molecule has 2 N–H and O–H groups in total. The van der Waals surface area contributed by atoms with Crippen molar-refractivity contribution in [2.24, 2.45) is 5.14 Å². The van der Waals surface area contributed by atoms with Gasteiger partial charge in [0.25, 0.3) is 0 Å². The van der Waals surface area contributed by atoms with E-state index in [2.05, 4.69) is 0 Å². The molecule has 0 bridgehead atoms. The molecule has 1 aromatic carbocycles. The predicted molar refractivity (Wildman–Crippen MR) is 77.1 cm³/mol. The molecule has 0 aliphatic heterocycles. The van der Waals surface area contributed by atoms with Gasteiger partial charge in [-0.05, 0) is 38.5 Å². The third kappa shape index (κ3) is 3.78. The number of primary sulfonamides is 1. The normalized spacial score (nSPS) is 13.1. The molecule has 6 nitrogen and oxygen atoms in total. The van der Waals surface area contributed by atoms with Gasteiger partial charge in [0.2, 0.25) is 20.0 Å². The first-order valence-electron chi connectivity index (χ1n) is 6.25. The Kier molecular flexibility index (Phi) is 5.31. The van der Waals surface area contributed by atoms with Crippen molar-refractivity contribution < 1.29 is 16.8 Å². The fourth-order valence-electron chi connectivity index (χ4n) is 1.82. The van der Waals surface area contributed by atoms with E-state index in [4.69, 9.17) is 5.14 Å². The van der Waals surface area contributed by atoms with Crippen LogP contribution in [0.1, 0.15) is 27.2 Å². The van der Waals surface area contributed by atoms with E-state index in [1.807, 2.05) is 6.92 Å². The van der Waals surface area contributed by atoms with E-state index in [1.54, 1.807) is 13.8 Å². The number of sulfonamides is 2. The maximum absolute atomic E-state index is 12.5. The van der Waals surface area contributed by atoms with Gasteiger partial charge in [0.1, 0.15) is 0 Å². The minimum absolute atomic E-state index is 0.0637. The maximum atomic E-state index is 12.5. The lowest BCUT2D eigenvalue weighted by atomic mass is 10.4. The van der Waals surface area contributed by atoms with Crippen LogP contribution in [0.5, 0.6) is 0 Å². The van der Waals surface area contributed by atoms with Crippen molar-refractivity contribution in [1.29, 1.82) is 0 Å². The van der Waals surface area contributed by atoms with E-state index in [0.717, 1.165) is 6.07 Å². The van der Waals surface area contributed by atoms with E-state index >= 15 is 0 Å². The molecule has 8 heteroatoms. The predicted octanol–water partition coefficient (Wildman–Crippen LogP) is 1.14. The number of hydrogen-bond acceptors (Lipinski definition) is 4. The summed E-state index contributed by atoms with van der Waals surface area (Å²) in [6.07, 6.45) is 0.673. The van der Waals surface area contributed by atoms with Crippen molar-refractivity contribution in [1.82, 2.24) is 4.31 Å². The van der Waals surface area contributed by atoms with Crippen LogP contribution in [0, 0.1) is 0 Å². The largest absolute Gasteiger partial charge is 0.243 e. The highest BCUT2D eigenvalue weighted by molar-refractivity contribution is 7.90. The molecule has 0 saturated carbocycles. The molecule has 0 radical (unpaired) electrons. The lowest BCUT2D eigenvalue weighted by molar-refractivity contribution is 0.354. The highest BCUT2D eigenvalue weighted by Crippen LogP contribution is 2.21. The first kappa shape index (κ1) is 17.1. The van der Waals surface area contributed by atoms with Crippen molar-refractivity contribution >= 4 is 20.0 Å². The molecule has 0 aliphatic rings. The number of nitrogens with two attached hydrogens (primary N) is 1. The maximum Gasteiger partial charge on any atom is 0.243 e. The van der Waals surface area contributed by atoms with Gasteiger partial charge in [-0.3, -0.25) is 0 Å². The Morgan fingerprint density at radius 3 is 2.15 bits per heavy atom. The summed E-state index contributed by atoms with van der Waals surface area (Å²) in [5.41, 5.74) is 0. The Bertz CT molecular complexity index is 666. The molecule has 0 fully saturated rings. The quantitative estimate of drug-likeness (QED) is 0.850. The van der Waals surface area contributed by atoms with Crippen LogP contribution in [0.4, 0.5) is 0 Å². The van der Waals surface area contributed by atoms with E-state index in [9.17, 15) is 16.8 Å². The van der Waals surface area contributed by atoms with Crippen LogP contribution in [0.2, 0.25) is 0 Å². The molecule has 0 saturated heterocycles. The van der Waals surface area contributed by atoms with Gasteiger partial charge in [0.05, 0.1) is 9.79 Å². The number of benzene rings is 1. The van der Waals surface area contributed by atoms with Crippen molar-refractivity contribution in [3.63, 3.8) is 0 Å². The SMILES string of the molecule is CCCN(C(C)C)S(=O)(=O)c1cccc(S(N)(=O)=O)c1. The van der Waals surface area contributed by atoms with E-state index < -0.39 is 20.0 Å². The average molecular weight is 320 g/mol. The molecule has 1 rings (SSSR count). The molecule has 0 heterocycles. The van der Waals surface area contributed by atoms with Gasteiger partial charge in [-0.15, -0.1) is 0 Å². The minimum Gasteiger partial charge on any atom is -0.225 e. The number of nitrogens with zero attached hydrogens (tertiary/aromatic N) is 1. The van der Waals surface area contributed by atoms with Crippen molar-refractivity contribution in [2.75, 3.05) is 6.54 Å². The topological polar surface area (TPSA) is 97.5 Å². The monoisotopic (exact) mass is 320 g/mol. The molecule has 1 aromatic rings. The van der Waals surface area contributed by atoms with E-state index in [-0.39, 0.29) is 15.8 Å². The second-order valence-electron chi connectivity index (χ2n) is 4.73. The molecule has 0 spiro atoms. The second-order valence-corrected chi connectivity index (χ2v) is 8.18. The van der Waals surface area contributed by atoms with Gasteiger partial charge in [-0.25, -0.2) is 22.0 Å². The van der Waals surface area contributed by atoms with Crippen LogP contribution in [0.3, 0.4) is 0 Å². The Labute approximate surface area is 120 Å². The highest BCUT2D eigenvalue weighted by Gasteiger charge is 2.27. The summed E-state index contributed by atoms with van der Waals surface area (Å²) in [5, 5.41) is 5.03. The van der Waals surface area contributed by atoms with Crippen LogP contribution in [0.15, 0.2) is 34.1 Å². The Balaban J connectivity index is 3.35. The Hall–Kier alpha value is -0.960. The Morgan fingerprint density at radius 1 is 1.15 bits per heavy atom. The average Bonchev–Trinajstić information content (AvgIpc) is 2.34. The van der Waals surface area contributed by atoms with Crippen molar-refractivity contribution in [2.45, 2.75) is 43.0 Å². The number of hydrogen-bond donors (Lipinski definition) is 1. The zero-order valence-corrected chi connectivity index (χ0v) is 13.4. The van der Waals surface area contributed by atoms with Crippen LogP contribution >= 0.6 is 0 Å². The molecule has 0 unspecified atom stereocenters. The van der Waals surface area contributed by atoms with Crippen LogP contribution < -0.4 is 5.14 Å². The van der Waals surface area contributed by atoms with Gasteiger partial charge in [0, 0.05) is 12.6 Å². The lowest BCUT2D eigenvalue weighted by Crippen LogP contribution is -2.37. The number of rotatable bonds is 6. The fourth-order valence-corrected chi connectivity index (χ4v) is 4.23. The Morgan fingerprint density at radius 2 is 1.70 bits per heavy atom. The summed E-state index contributed by atoms with van der Waals surface area (Å²) in [4.78, 5) is -0.273. The van der Waals surface area contributed by atoms with Crippen molar-refractivity contribution in [3.05, 3.63) is 24.3 Å². The van der Waals surface area contributed by atoms with Gasteiger partial charge in [0.15, 0.2) is 0 Å². The summed E-state index contributed by atoms with van der Waals surface area (Å²) in [6, 6.07) is 4.90. The van der Waals surface area contributed by atoms with Crippen LogP contribution in [0.25, 0.3) is 0 Å². The van der Waals surface area contributed by atoms with Crippen molar-refractivity contribution in [3.8, 4) is 0 Å². The first-order chi connectivity index (χ1) is 9.10. The van der Waals surface area contributed by atoms with Gasteiger partial charge in [-0.1, -0.05) is 13.0 Å². The van der Waals surface area contributed by atoms with Gasteiger partial charge >= 0.3 is 0 Å². The molecule has 20 heavy (non-hydrogen) atoms. The lowest BCUT2D eigenvalue weighted by Gasteiger charge is -2.25. The summed E-state index contributed by atoms with van der Waals surface area (Å²) in [7, 11) is -7.66. The van der Waals surface area contributed by atoms with Crippen LogP contribution in [-0.2, 0) is 20.0 Å². The first-order valence-corrected chi connectivity index (χ1v) is 9.24. The third-order valence-corrected chi connectivity index (χ3v) is 5.74. The zero-order chi connectivity index (χ0) is 15.6. The molecule has 114 valence electrons. The second kappa shape index (κ2) is 6.21. The zero-order valence-electron chi connectivity index (χ0n) is 11.8. The third-order valence-electron chi connectivity index (χ3n) is 2.76. The summed E-state index contributed by atoms with van der Waals surface area (Å²) in [5.74, 6) is 0. The summed E-state index contributed by atoms with van der Waals surface area (Å²) >= 11 is 0. The standard InChI is InChI=1S/C12H20N2O4S2/c1-4-8-14(10(2)3)20(17,18)12-7-5-6-11(9-12)19(13,15)16/h5-7,9-10H,4,8H2,1-3H3,(H2,13,15,16). The smallest absolute Gasteiger partial charge is 0.225 e. The molecular weight excluding hydrogens is 300 g/mol. The van der Waals surface area contributed by atoms with Gasteiger partial charge < -0.3 is 0 Å². The van der Waals surface area contributed by atoms with E-state index in [1.165, 1.54) is 22.5 Å². The summed E-state index contributed by atoms with van der Waals surface area (Å²) < 4.78 is 49.0. The minimum atomic E-state index is -3.93. The summed E-state index contributed by atoms with van der Waals surface area (Å²) in [6.45, 7) is 5.80. The highest BCUT2D eigenvalue weighted by atomic mass is 32.2. The molecular formula is C12H20N2O4S2. The van der Waals surface area contributed by atoms with Crippen LogP contribution in [-0.4, -0.2) is 33.7 Å². The molecule has 0 aromatic heterocycles. The molecule has 0 aliphatic carbocycles. The van der Waals surface area contributed by atoms with E-state index in [0.29, 0.717) is 13.0 Å². The fraction of sp³-hybridized carbons (Fsp3) is 0.500. The molecule has 0 amide bonds. The van der Waals surface area contributed by atoms with Gasteiger partial charge in [-0.2, -0.15) is 4.31 Å². The molecule has 0 atom stereocenters.